The Bertz CT molecular complexity index is 654. The third-order valence-corrected chi connectivity index (χ3v) is 4.95. The normalized spacial score (nSPS) is 16.8. The summed E-state index contributed by atoms with van der Waals surface area (Å²) in [5.41, 5.74) is 0.524. The first-order valence-corrected chi connectivity index (χ1v) is 8.13. The smallest absolute Gasteiger partial charge is 0.321 e. The molecule has 2 amide bonds. The van der Waals surface area contributed by atoms with Gasteiger partial charge in [0.25, 0.3) is 0 Å². The fourth-order valence-electron chi connectivity index (χ4n) is 2.45. The number of thiazole rings is 1. The maximum Gasteiger partial charge on any atom is 0.321 e. The standard InChI is InChI=1S/C16H19N3O2S/c1-16(10-20,12-7-8-12)19-14(21)18-15-17-9-13(22-15)11-5-3-2-4-6-11/h2-6,9,12,20H,7-8,10H2,1H3,(H2,17,18,19,21). The van der Waals surface area contributed by atoms with E-state index in [-0.39, 0.29) is 12.6 Å². The Labute approximate surface area is 133 Å². The highest BCUT2D eigenvalue weighted by Crippen LogP contribution is 2.39. The summed E-state index contributed by atoms with van der Waals surface area (Å²) in [6.07, 6.45) is 3.85. The molecule has 1 aliphatic carbocycles. The number of aliphatic hydroxyl groups excluding tert-OH is 1. The Hall–Kier alpha value is -1.92. The number of urea groups is 1. The van der Waals surface area contributed by atoms with E-state index in [2.05, 4.69) is 15.6 Å². The summed E-state index contributed by atoms with van der Waals surface area (Å²) < 4.78 is 0. The first kappa shape index (κ1) is 15.0. The lowest BCUT2D eigenvalue weighted by atomic mass is 9.97. The summed E-state index contributed by atoms with van der Waals surface area (Å²) in [4.78, 5) is 17.3. The Kier molecular flexibility index (Phi) is 4.13. The molecule has 5 nitrogen and oxygen atoms in total. The van der Waals surface area contributed by atoms with Crippen LogP contribution in [0.3, 0.4) is 0 Å². The van der Waals surface area contributed by atoms with Crippen molar-refractivity contribution in [1.82, 2.24) is 10.3 Å². The molecule has 1 aromatic carbocycles. The van der Waals surface area contributed by atoms with E-state index in [1.54, 1.807) is 6.20 Å². The van der Waals surface area contributed by atoms with E-state index in [1.165, 1.54) is 11.3 Å². The number of benzene rings is 1. The number of anilines is 1. The van der Waals surface area contributed by atoms with E-state index < -0.39 is 5.54 Å². The number of aliphatic hydroxyl groups is 1. The fourth-order valence-corrected chi connectivity index (χ4v) is 3.26. The zero-order chi connectivity index (χ0) is 15.6. The molecular formula is C16H19N3O2S. The van der Waals surface area contributed by atoms with E-state index >= 15 is 0 Å². The van der Waals surface area contributed by atoms with Crippen molar-refractivity contribution in [2.75, 3.05) is 11.9 Å². The predicted molar refractivity (Wildman–Crippen MR) is 87.9 cm³/mol. The summed E-state index contributed by atoms with van der Waals surface area (Å²) in [6, 6.07) is 9.59. The maximum atomic E-state index is 12.1. The van der Waals surface area contributed by atoms with Crippen molar-refractivity contribution in [3.63, 3.8) is 0 Å². The van der Waals surface area contributed by atoms with Crippen molar-refractivity contribution in [3.8, 4) is 10.4 Å². The molecular weight excluding hydrogens is 298 g/mol. The van der Waals surface area contributed by atoms with Crippen LogP contribution in [0.1, 0.15) is 19.8 Å². The summed E-state index contributed by atoms with van der Waals surface area (Å²) in [7, 11) is 0. The maximum absolute atomic E-state index is 12.1. The van der Waals surface area contributed by atoms with Crippen LogP contribution in [-0.4, -0.2) is 28.3 Å². The minimum atomic E-state index is -0.552. The van der Waals surface area contributed by atoms with Crippen LogP contribution >= 0.6 is 11.3 Å². The van der Waals surface area contributed by atoms with Gasteiger partial charge in [-0.1, -0.05) is 41.7 Å². The number of hydrogen-bond donors (Lipinski definition) is 3. The molecule has 1 heterocycles. The molecule has 1 fully saturated rings. The molecule has 3 N–H and O–H groups in total. The van der Waals surface area contributed by atoms with Crippen LogP contribution < -0.4 is 10.6 Å². The molecule has 1 saturated carbocycles. The highest BCUT2D eigenvalue weighted by molar-refractivity contribution is 7.19. The van der Waals surface area contributed by atoms with Gasteiger partial charge in [0, 0.05) is 6.20 Å². The lowest BCUT2D eigenvalue weighted by molar-refractivity contribution is 0.159. The Morgan fingerprint density at radius 1 is 1.41 bits per heavy atom. The van der Waals surface area contributed by atoms with Gasteiger partial charge in [-0.15, -0.1) is 0 Å². The highest BCUT2D eigenvalue weighted by Gasteiger charge is 2.42. The molecule has 22 heavy (non-hydrogen) atoms. The van der Waals surface area contributed by atoms with Crippen LogP contribution in [0.15, 0.2) is 36.5 Å². The first-order valence-electron chi connectivity index (χ1n) is 7.32. The van der Waals surface area contributed by atoms with Crippen molar-refractivity contribution >= 4 is 22.5 Å². The van der Waals surface area contributed by atoms with Crippen molar-refractivity contribution in [2.24, 2.45) is 5.92 Å². The van der Waals surface area contributed by atoms with E-state index in [4.69, 9.17) is 0 Å². The summed E-state index contributed by atoms with van der Waals surface area (Å²) >= 11 is 1.43. The number of nitrogens with zero attached hydrogens (tertiary/aromatic N) is 1. The minimum absolute atomic E-state index is 0.0573. The van der Waals surface area contributed by atoms with Crippen molar-refractivity contribution in [1.29, 1.82) is 0 Å². The molecule has 116 valence electrons. The molecule has 3 rings (SSSR count). The lowest BCUT2D eigenvalue weighted by Gasteiger charge is -2.28. The van der Waals surface area contributed by atoms with E-state index in [9.17, 15) is 9.90 Å². The van der Waals surface area contributed by atoms with Crippen LogP contribution in [0.4, 0.5) is 9.93 Å². The van der Waals surface area contributed by atoms with Crippen LogP contribution in [0.5, 0.6) is 0 Å². The second kappa shape index (κ2) is 6.06. The predicted octanol–water partition coefficient (Wildman–Crippen LogP) is 3.09. The summed E-state index contributed by atoms with van der Waals surface area (Å²) in [6.45, 7) is 1.82. The van der Waals surface area contributed by atoms with Gasteiger partial charge in [-0.25, -0.2) is 9.78 Å². The minimum Gasteiger partial charge on any atom is -0.394 e. The van der Waals surface area contributed by atoms with Gasteiger partial charge in [0.15, 0.2) is 5.13 Å². The second-order valence-corrected chi connectivity index (χ2v) is 6.86. The van der Waals surface area contributed by atoms with E-state index in [0.29, 0.717) is 11.0 Å². The molecule has 0 bridgehead atoms. The van der Waals surface area contributed by atoms with Gasteiger partial charge in [0.2, 0.25) is 0 Å². The molecule has 1 atom stereocenters. The molecule has 1 aliphatic rings. The molecule has 0 aliphatic heterocycles. The average molecular weight is 317 g/mol. The molecule has 0 saturated heterocycles. The lowest BCUT2D eigenvalue weighted by Crippen LogP contribution is -2.52. The third-order valence-electron chi connectivity index (χ3n) is 3.99. The monoisotopic (exact) mass is 317 g/mol. The zero-order valence-corrected chi connectivity index (χ0v) is 13.2. The fraction of sp³-hybridized carbons (Fsp3) is 0.375. The number of carbonyl (C=O) groups excluding carboxylic acids is 1. The molecule has 0 spiro atoms. The molecule has 2 aromatic rings. The quantitative estimate of drug-likeness (QED) is 0.793. The van der Waals surface area contributed by atoms with Gasteiger partial charge in [-0.05, 0) is 31.2 Å². The van der Waals surface area contributed by atoms with Gasteiger partial charge in [0.1, 0.15) is 0 Å². The van der Waals surface area contributed by atoms with Gasteiger partial charge >= 0.3 is 6.03 Å². The largest absolute Gasteiger partial charge is 0.394 e. The van der Waals surface area contributed by atoms with Crippen LogP contribution in [0, 0.1) is 5.92 Å². The molecule has 6 heteroatoms. The van der Waals surface area contributed by atoms with Crippen LogP contribution in [-0.2, 0) is 0 Å². The Morgan fingerprint density at radius 2 is 2.14 bits per heavy atom. The van der Waals surface area contributed by atoms with Gasteiger partial charge in [-0.3, -0.25) is 5.32 Å². The second-order valence-electron chi connectivity index (χ2n) is 5.82. The van der Waals surface area contributed by atoms with Gasteiger partial charge < -0.3 is 10.4 Å². The van der Waals surface area contributed by atoms with Crippen LogP contribution in [0.25, 0.3) is 10.4 Å². The topological polar surface area (TPSA) is 74.2 Å². The van der Waals surface area contributed by atoms with Crippen LogP contribution in [0.2, 0.25) is 0 Å². The van der Waals surface area contributed by atoms with Gasteiger partial charge in [0.05, 0.1) is 17.0 Å². The SMILES string of the molecule is CC(CO)(NC(=O)Nc1ncc(-c2ccccc2)s1)C1CC1. The van der Waals surface area contributed by atoms with E-state index in [1.807, 2.05) is 37.3 Å². The first-order chi connectivity index (χ1) is 10.6. The summed E-state index contributed by atoms with van der Waals surface area (Å²) in [5, 5.41) is 15.7. The summed E-state index contributed by atoms with van der Waals surface area (Å²) in [5.74, 6) is 0.361. The average Bonchev–Trinajstić information content (AvgIpc) is 3.29. The Balaban J connectivity index is 1.64. The van der Waals surface area contributed by atoms with Crippen molar-refractivity contribution < 1.29 is 9.90 Å². The van der Waals surface area contributed by atoms with Gasteiger partial charge in [-0.2, -0.15) is 0 Å². The number of amides is 2. The number of nitrogens with one attached hydrogen (secondary N) is 2. The highest BCUT2D eigenvalue weighted by atomic mass is 32.1. The molecule has 0 radical (unpaired) electrons. The molecule has 1 aromatic heterocycles. The van der Waals surface area contributed by atoms with Crippen molar-refractivity contribution in [3.05, 3.63) is 36.5 Å². The Morgan fingerprint density at radius 3 is 2.77 bits per heavy atom. The number of aromatic nitrogens is 1. The van der Waals surface area contributed by atoms with E-state index in [0.717, 1.165) is 23.3 Å². The number of hydrogen-bond acceptors (Lipinski definition) is 4. The zero-order valence-electron chi connectivity index (χ0n) is 12.4. The number of carbonyl (C=O) groups is 1. The van der Waals surface area contributed by atoms with Crippen molar-refractivity contribution in [2.45, 2.75) is 25.3 Å². The third kappa shape index (κ3) is 3.28. The number of rotatable bonds is 5. The molecule has 1 unspecified atom stereocenters.